The highest BCUT2D eigenvalue weighted by Crippen LogP contribution is 2.61. The van der Waals surface area contributed by atoms with Gasteiger partial charge in [-0.2, -0.15) is 0 Å². The number of thiophene rings is 1. The first kappa shape index (κ1) is 30.2. The second kappa shape index (κ2) is 10.2. The first-order valence-electron chi connectivity index (χ1n) is 15.0. The number of amides is 3. The molecule has 3 aromatic rings. The summed E-state index contributed by atoms with van der Waals surface area (Å²) in [5.74, 6) is -8.82. The van der Waals surface area contributed by atoms with Crippen molar-refractivity contribution in [2.24, 2.45) is 18.9 Å². The summed E-state index contributed by atoms with van der Waals surface area (Å²) in [6.07, 6.45) is 4.03. The molecule has 1 unspecified atom stereocenters. The molecule has 2 aromatic heterocycles. The molecule has 14 heteroatoms. The Morgan fingerprint density at radius 2 is 1.87 bits per heavy atom. The van der Waals surface area contributed by atoms with Gasteiger partial charge in [-0.15, -0.1) is 11.3 Å². The average Bonchev–Trinajstić information content (AvgIpc) is 3.50. The Labute approximate surface area is 260 Å². The number of imidazole rings is 1. The standard InChI is InChI=1S/C31H33F4N5O4S/c1-29(32,33)17-4-7-23-16(10-17)11-24(45-23)25(41)37-21-13-20-19(31(20,34)35)12-18-5-6-22(40(18)26(21)42)27(43)39-14-30(15-39,44-3)28-36-8-9-38(28)2/h4,7-11,18-22H,5-6,12-15H2,1-3H3,(H,37,41)/t18-,19-,20+,21?,22+/m1/s1. The van der Waals surface area contributed by atoms with Gasteiger partial charge in [-0.05, 0) is 49.3 Å². The average molecular weight is 648 g/mol. The molecule has 3 aliphatic heterocycles. The van der Waals surface area contributed by atoms with Crippen molar-refractivity contribution in [1.82, 2.24) is 24.7 Å². The third-order valence-corrected chi connectivity index (χ3v) is 11.2. The van der Waals surface area contributed by atoms with Gasteiger partial charge in [0, 0.05) is 61.6 Å². The third kappa shape index (κ3) is 4.82. The zero-order valence-corrected chi connectivity index (χ0v) is 25.8. The molecule has 1 N–H and O–H groups in total. The van der Waals surface area contributed by atoms with Crippen LogP contribution in [0, 0.1) is 11.8 Å². The Morgan fingerprint density at radius 3 is 2.53 bits per heavy atom. The summed E-state index contributed by atoms with van der Waals surface area (Å²) in [7, 11) is 3.39. The van der Waals surface area contributed by atoms with Gasteiger partial charge < -0.3 is 24.4 Å². The second-order valence-electron chi connectivity index (χ2n) is 12.9. The molecule has 240 valence electrons. The second-order valence-corrected chi connectivity index (χ2v) is 14.0. The van der Waals surface area contributed by atoms with Gasteiger partial charge in [0.15, 0.2) is 5.60 Å². The molecule has 5 heterocycles. The Hall–Kier alpha value is -3.52. The highest BCUT2D eigenvalue weighted by molar-refractivity contribution is 7.20. The van der Waals surface area contributed by atoms with E-state index >= 15 is 0 Å². The fourth-order valence-electron chi connectivity index (χ4n) is 7.50. The number of methoxy groups -OCH3 is 1. The van der Waals surface area contributed by atoms with Gasteiger partial charge in [-0.25, -0.2) is 22.5 Å². The Morgan fingerprint density at radius 1 is 1.13 bits per heavy atom. The van der Waals surface area contributed by atoms with Gasteiger partial charge >= 0.3 is 0 Å². The maximum Gasteiger partial charge on any atom is 0.270 e. The molecule has 4 aliphatic rings. The molecule has 45 heavy (non-hydrogen) atoms. The number of aromatic nitrogens is 2. The van der Waals surface area contributed by atoms with E-state index in [1.807, 2.05) is 11.6 Å². The first-order valence-corrected chi connectivity index (χ1v) is 15.8. The molecule has 1 aromatic carbocycles. The number of hydrogen-bond donors (Lipinski definition) is 1. The molecule has 5 atom stereocenters. The number of alkyl halides is 4. The van der Waals surface area contributed by atoms with Crippen molar-refractivity contribution in [2.45, 2.75) is 68.2 Å². The largest absolute Gasteiger partial charge is 0.367 e. The van der Waals surface area contributed by atoms with Gasteiger partial charge in [0.25, 0.3) is 17.8 Å². The molecule has 4 fully saturated rings. The maximum atomic E-state index is 14.9. The lowest BCUT2D eigenvalue weighted by Gasteiger charge is -2.49. The van der Waals surface area contributed by atoms with E-state index < -0.39 is 59.2 Å². The van der Waals surface area contributed by atoms with Crippen LogP contribution in [0.15, 0.2) is 36.7 Å². The van der Waals surface area contributed by atoms with Crippen molar-refractivity contribution >= 4 is 39.1 Å². The summed E-state index contributed by atoms with van der Waals surface area (Å²) in [5, 5.41) is 3.12. The molecular weight excluding hydrogens is 614 g/mol. The van der Waals surface area contributed by atoms with E-state index in [4.69, 9.17) is 4.74 Å². The van der Waals surface area contributed by atoms with E-state index in [2.05, 4.69) is 10.3 Å². The Kier molecular flexibility index (Phi) is 6.86. The van der Waals surface area contributed by atoms with Crippen molar-refractivity contribution in [3.8, 4) is 0 Å². The topological polar surface area (TPSA) is 96.8 Å². The van der Waals surface area contributed by atoms with E-state index in [-0.39, 0.29) is 42.3 Å². The number of nitrogens with zero attached hydrogens (tertiary/aromatic N) is 4. The number of rotatable bonds is 6. The van der Waals surface area contributed by atoms with Crippen LogP contribution in [0.3, 0.4) is 0 Å². The normalized spacial score (nSPS) is 28.6. The summed E-state index contributed by atoms with van der Waals surface area (Å²) in [4.78, 5) is 48.9. The summed E-state index contributed by atoms with van der Waals surface area (Å²) >= 11 is 1.07. The SMILES string of the molecule is COC1(c2nccn2C)CN(C(=O)[C@@H]2CC[C@@H]3C[C@@H]4[C@H](CC(NC(=O)c5cc6cc(C(C)(F)F)ccc6s5)C(=O)N32)C4(F)F)C1. The van der Waals surface area contributed by atoms with Crippen LogP contribution in [0.25, 0.3) is 10.1 Å². The fourth-order valence-corrected chi connectivity index (χ4v) is 8.45. The van der Waals surface area contributed by atoms with E-state index in [0.717, 1.165) is 18.3 Å². The zero-order chi connectivity index (χ0) is 32.1. The van der Waals surface area contributed by atoms with Crippen LogP contribution >= 0.6 is 11.3 Å². The van der Waals surface area contributed by atoms with Crippen molar-refractivity contribution in [1.29, 1.82) is 0 Å². The van der Waals surface area contributed by atoms with Crippen LogP contribution in [0.2, 0.25) is 0 Å². The van der Waals surface area contributed by atoms with Crippen LogP contribution < -0.4 is 5.32 Å². The molecule has 7 rings (SSSR count). The third-order valence-electron chi connectivity index (χ3n) is 10.1. The number of halogens is 4. The van der Waals surface area contributed by atoms with Crippen LogP contribution in [-0.2, 0) is 32.9 Å². The predicted octanol–water partition coefficient (Wildman–Crippen LogP) is 4.26. The minimum absolute atomic E-state index is 0.101. The number of aryl methyl sites for hydroxylation is 1. The Bertz CT molecular complexity index is 1700. The van der Waals surface area contributed by atoms with Gasteiger partial charge in [0.05, 0.1) is 18.0 Å². The number of benzene rings is 1. The molecule has 3 amide bonds. The minimum atomic E-state index is -3.06. The van der Waals surface area contributed by atoms with Crippen molar-refractivity contribution < 1.29 is 36.7 Å². The number of carbonyl (C=O) groups excluding carboxylic acids is 3. The first-order chi connectivity index (χ1) is 21.2. The molecule has 1 aliphatic carbocycles. The highest BCUT2D eigenvalue weighted by atomic mass is 32.1. The lowest BCUT2D eigenvalue weighted by Crippen LogP contribution is -2.66. The minimum Gasteiger partial charge on any atom is -0.367 e. The summed E-state index contributed by atoms with van der Waals surface area (Å²) in [6, 6.07) is 2.92. The van der Waals surface area contributed by atoms with E-state index in [0.29, 0.717) is 28.8 Å². The molecule has 1 saturated carbocycles. The molecular formula is C31H33F4N5O4S. The monoisotopic (exact) mass is 647 g/mol. The number of hydrogen-bond acceptors (Lipinski definition) is 6. The molecule has 0 spiro atoms. The van der Waals surface area contributed by atoms with Crippen LogP contribution in [0.5, 0.6) is 0 Å². The lowest BCUT2D eigenvalue weighted by molar-refractivity contribution is -0.173. The smallest absolute Gasteiger partial charge is 0.270 e. The number of fused-ring (bicyclic) bond motifs is 3. The highest BCUT2D eigenvalue weighted by Gasteiger charge is 2.70. The summed E-state index contributed by atoms with van der Waals surface area (Å²) < 4.78 is 65.7. The fraction of sp³-hybridized carbons (Fsp3) is 0.548. The van der Waals surface area contributed by atoms with E-state index in [1.165, 1.54) is 29.2 Å². The van der Waals surface area contributed by atoms with Crippen LogP contribution in [-0.4, -0.2) is 81.3 Å². The summed E-state index contributed by atoms with van der Waals surface area (Å²) in [5.41, 5.74) is -0.984. The van der Waals surface area contributed by atoms with Crippen LogP contribution in [0.4, 0.5) is 17.6 Å². The predicted molar refractivity (Wildman–Crippen MR) is 156 cm³/mol. The van der Waals surface area contributed by atoms with Crippen molar-refractivity contribution in [3.05, 3.63) is 52.9 Å². The van der Waals surface area contributed by atoms with Gasteiger partial charge in [-0.3, -0.25) is 14.4 Å². The molecule has 9 nitrogen and oxygen atoms in total. The molecule has 0 radical (unpaired) electrons. The van der Waals surface area contributed by atoms with Crippen LogP contribution in [0.1, 0.15) is 53.7 Å². The zero-order valence-electron chi connectivity index (χ0n) is 24.9. The number of likely N-dealkylation sites (tertiary alicyclic amines) is 1. The number of carbonyl (C=O) groups is 3. The Balaban J connectivity index is 1.12. The maximum absolute atomic E-state index is 14.9. The molecule has 0 bridgehead atoms. The van der Waals surface area contributed by atoms with E-state index in [1.54, 1.807) is 24.4 Å². The quantitative estimate of drug-likeness (QED) is 0.404. The van der Waals surface area contributed by atoms with Gasteiger partial charge in [-0.1, -0.05) is 6.07 Å². The number of ether oxygens (including phenoxy) is 1. The number of nitrogens with one attached hydrogen (secondary N) is 1. The summed E-state index contributed by atoms with van der Waals surface area (Å²) in [6.45, 7) is 1.25. The van der Waals surface area contributed by atoms with E-state index in [9.17, 15) is 31.9 Å². The van der Waals surface area contributed by atoms with Gasteiger partial charge in [0.2, 0.25) is 11.8 Å². The molecule has 3 saturated heterocycles. The van der Waals surface area contributed by atoms with Crippen molar-refractivity contribution in [3.63, 3.8) is 0 Å². The van der Waals surface area contributed by atoms with Gasteiger partial charge in [0.1, 0.15) is 17.9 Å². The van der Waals surface area contributed by atoms with Crippen molar-refractivity contribution in [2.75, 3.05) is 20.2 Å². The lowest BCUT2D eigenvalue weighted by atomic mass is 9.91.